The van der Waals surface area contributed by atoms with Gasteiger partial charge in [-0.25, -0.2) is 0 Å². The topological polar surface area (TPSA) is 15.3 Å². The summed E-state index contributed by atoms with van der Waals surface area (Å²) >= 11 is 8.90. The standard InChI is InChI=1S/C11H24N2S2/c1-5-13(6-2)9-11(3,4)7-8-12-10(14)15/h5-9H2,1-4H3,(H2,12,14,15). The van der Waals surface area contributed by atoms with Gasteiger partial charge in [0.15, 0.2) is 0 Å². The first kappa shape index (κ1) is 15.2. The van der Waals surface area contributed by atoms with Crippen molar-refractivity contribution in [2.24, 2.45) is 5.41 Å². The summed E-state index contributed by atoms with van der Waals surface area (Å²) in [5, 5.41) is 3.09. The second kappa shape index (κ2) is 7.47. The molecule has 0 radical (unpaired) electrons. The van der Waals surface area contributed by atoms with Crippen molar-refractivity contribution in [2.45, 2.75) is 34.1 Å². The molecule has 0 unspecified atom stereocenters. The minimum Gasteiger partial charge on any atom is -0.371 e. The summed E-state index contributed by atoms with van der Waals surface area (Å²) in [6, 6.07) is 0. The van der Waals surface area contributed by atoms with Gasteiger partial charge in [0, 0.05) is 13.1 Å². The molecule has 0 bridgehead atoms. The Morgan fingerprint density at radius 3 is 2.27 bits per heavy atom. The Bertz CT molecular complexity index is 189. The minimum absolute atomic E-state index is 0.331. The Morgan fingerprint density at radius 1 is 1.33 bits per heavy atom. The lowest BCUT2D eigenvalue weighted by molar-refractivity contribution is 0.183. The molecule has 0 aromatic heterocycles. The first-order valence-corrected chi connectivity index (χ1v) is 6.46. The predicted molar refractivity (Wildman–Crippen MR) is 75.8 cm³/mol. The van der Waals surface area contributed by atoms with Crippen LogP contribution in [0.2, 0.25) is 0 Å². The lowest BCUT2D eigenvalue weighted by atomic mass is 9.88. The normalized spacial score (nSPS) is 11.9. The second-order valence-electron chi connectivity index (χ2n) is 4.61. The van der Waals surface area contributed by atoms with Crippen molar-refractivity contribution in [3.05, 3.63) is 0 Å². The van der Waals surface area contributed by atoms with Crippen molar-refractivity contribution < 1.29 is 0 Å². The van der Waals surface area contributed by atoms with Gasteiger partial charge in [-0.1, -0.05) is 39.9 Å². The molecule has 0 rings (SSSR count). The molecule has 0 atom stereocenters. The van der Waals surface area contributed by atoms with E-state index in [-0.39, 0.29) is 0 Å². The van der Waals surface area contributed by atoms with Gasteiger partial charge in [0.1, 0.15) is 4.32 Å². The summed E-state index contributed by atoms with van der Waals surface area (Å²) in [6.45, 7) is 13.3. The van der Waals surface area contributed by atoms with E-state index in [1.807, 2.05) is 0 Å². The van der Waals surface area contributed by atoms with E-state index in [0.29, 0.717) is 9.74 Å². The summed E-state index contributed by atoms with van der Waals surface area (Å²) in [4.78, 5) is 2.46. The molecule has 0 spiro atoms. The fourth-order valence-corrected chi connectivity index (χ4v) is 1.85. The van der Waals surface area contributed by atoms with Gasteiger partial charge in [-0.2, -0.15) is 0 Å². The molecular weight excluding hydrogens is 224 g/mol. The number of nitrogens with zero attached hydrogens (tertiary/aromatic N) is 1. The molecule has 0 heterocycles. The number of hydrogen-bond donors (Lipinski definition) is 2. The van der Waals surface area contributed by atoms with E-state index in [2.05, 4.69) is 50.5 Å². The van der Waals surface area contributed by atoms with E-state index in [1.54, 1.807) is 0 Å². The molecule has 0 fully saturated rings. The van der Waals surface area contributed by atoms with Crippen LogP contribution >= 0.6 is 24.8 Å². The summed E-state index contributed by atoms with van der Waals surface area (Å²) in [5.41, 5.74) is 0.331. The van der Waals surface area contributed by atoms with E-state index < -0.39 is 0 Å². The van der Waals surface area contributed by atoms with Crippen LogP contribution in [0, 0.1) is 5.41 Å². The summed E-state index contributed by atoms with van der Waals surface area (Å²) in [5.74, 6) is 0. The molecule has 4 heteroatoms. The zero-order chi connectivity index (χ0) is 11.9. The summed E-state index contributed by atoms with van der Waals surface area (Å²) < 4.78 is 0.591. The number of thiol groups is 1. The van der Waals surface area contributed by atoms with Gasteiger partial charge in [-0.05, 0) is 24.9 Å². The fourth-order valence-electron chi connectivity index (χ4n) is 1.64. The van der Waals surface area contributed by atoms with Crippen LogP contribution in [-0.4, -0.2) is 35.4 Å². The Labute approximate surface area is 105 Å². The van der Waals surface area contributed by atoms with Crippen LogP contribution in [0.1, 0.15) is 34.1 Å². The van der Waals surface area contributed by atoms with Crippen molar-refractivity contribution >= 4 is 29.2 Å². The second-order valence-corrected chi connectivity index (χ2v) is 5.77. The highest BCUT2D eigenvalue weighted by atomic mass is 32.1. The lowest BCUT2D eigenvalue weighted by Gasteiger charge is -2.31. The average molecular weight is 248 g/mol. The van der Waals surface area contributed by atoms with E-state index >= 15 is 0 Å². The van der Waals surface area contributed by atoms with Crippen molar-refractivity contribution in [2.75, 3.05) is 26.2 Å². The van der Waals surface area contributed by atoms with E-state index in [4.69, 9.17) is 12.2 Å². The third kappa shape index (κ3) is 8.05. The van der Waals surface area contributed by atoms with Gasteiger partial charge >= 0.3 is 0 Å². The van der Waals surface area contributed by atoms with Crippen LogP contribution in [0.15, 0.2) is 0 Å². The smallest absolute Gasteiger partial charge is 0.130 e. The van der Waals surface area contributed by atoms with Crippen LogP contribution in [0.5, 0.6) is 0 Å². The van der Waals surface area contributed by atoms with E-state index in [1.165, 1.54) is 0 Å². The van der Waals surface area contributed by atoms with Crippen molar-refractivity contribution in [1.82, 2.24) is 10.2 Å². The van der Waals surface area contributed by atoms with Crippen molar-refractivity contribution in [1.29, 1.82) is 0 Å². The molecule has 0 aromatic carbocycles. The average Bonchev–Trinajstić information content (AvgIpc) is 2.13. The van der Waals surface area contributed by atoms with Gasteiger partial charge < -0.3 is 10.2 Å². The highest BCUT2D eigenvalue weighted by Crippen LogP contribution is 2.21. The molecule has 0 aliphatic rings. The van der Waals surface area contributed by atoms with Crippen molar-refractivity contribution in [3.63, 3.8) is 0 Å². The highest BCUT2D eigenvalue weighted by molar-refractivity contribution is 8.11. The van der Waals surface area contributed by atoms with Crippen molar-refractivity contribution in [3.8, 4) is 0 Å². The zero-order valence-corrected chi connectivity index (χ0v) is 12.0. The molecule has 0 aromatic rings. The Hall–Kier alpha value is 0.200. The quantitative estimate of drug-likeness (QED) is 0.532. The lowest BCUT2D eigenvalue weighted by Crippen LogP contribution is -2.36. The number of rotatable bonds is 7. The maximum absolute atomic E-state index is 4.86. The minimum atomic E-state index is 0.331. The summed E-state index contributed by atoms with van der Waals surface area (Å²) in [7, 11) is 0. The van der Waals surface area contributed by atoms with Crippen LogP contribution in [0.3, 0.4) is 0 Å². The maximum atomic E-state index is 4.86. The third-order valence-corrected chi connectivity index (χ3v) is 2.93. The predicted octanol–water partition coefficient (Wildman–Crippen LogP) is 2.55. The van der Waals surface area contributed by atoms with Crippen LogP contribution < -0.4 is 5.32 Å². The Morgan fingerprint density at radius 2 is 1.87 bits per heavy atom. The fraction of sp³-hybridized carbons (Fsp3) is 0.909. The number of thiocarbonyl (C=S) groups is 1. The van der Waals surface area contributed by atoms with Crippen LogP contribution in [0.25, 0.3) is 0 Å². The first-order chi connectivity index (χ1) is 6.91. The SMILES string of the molecule is CCN(CC)CC(C)(C)CCNC(=S)S. The summed E-state index contributed by atoms with van der Waals surface area (Å²) in [6.07, 6.45) is 1.12. The number of hydrogen-bond acceptors (Lipinski definition) is 2. The molecule has 0 saturated heterocycles. The van der Waals surface area contributed by atoms with Gasteiger partial charge in [0.25, 0.3) is 0 Å². The molecule has 1 N–H and O–H groups in total. The highest BCUT2D eigenvalue weighted by Gasteiger charge is 2.19. The van der Waals surface area contributed by atoms with Gasteiger partial charge in [0.2, 0.25) is 0 Å². The Balaban J connectivity index is 3.89. The van der Waals surface area contributed by atoms with E-state index in [9.17, 15) is 0 Å². The van der Waals surface area contributed by atoms with Crippen LogP contribution in [-0.2, 0) is 0 Å². The monoisotopic (exact) mass is 248 g/mol. The van der Waals surface area contributed by atoms with Gasteiger partial charge in [0.05, 0.1) is 0 Å². The third-order valence-electron chi connectivity index (χ3n) is 2.62. The number of nitrogens with one attached hydrogen (secondary N) is 1. The van der Waals surface area contributed by atoms with E-state index in [0.717, 1.165) is 32.6 Å². The first-order valence-electron chi connectivity index (χ1n) is 5.60. The van der Waals surface area contributed by atoms with Gasteiger partial charge in [-0.15, -0.1) is 12.6 Å². The molecular formula is C11H24N2S2. The zero-order valence-electron chi connectivity index (χ0n) is 10.3. The molecule has 15 heavy (non-hydrogen) atoms. The molecule has 0 aliphatic carbocycles. The van der Waals surface area contributed by atoms with Gasteiger partial charge in [-0.3, -0.25) is 0 Å². The Kier molecular flexibility index (Phi) is 7.57. The molecule has 0 aliphatic heterocycles. The largest absolute Gasteiger partial charge is 0.371 e. The molecule has 90 valence electrons. The maximum Gasteiger partial charge on any atom is 0.130 e. The van der Waals surface area contributed by atoms with Crippen LogP contribution in [0.4, 0.5) is 0 Å². The molecule has 0 saturated carbocycles. The molecule has 2 nitrogen and oxygen atoms in total. The molecule has 0 amide bonds.